The lowest BCUT2D eigenvalue weighted by Gasteiger charge is -2.22. The van der Waals surface area contributed by atoms with Gasteiger partial charge in [-0.2, -0.15) is 0 Å². The number of carboxylic acids is 1. The first kappa shape index (κ1) is 11.6. The van der Waals surface area contributed by atoms with Crippen molar-refractivity contribution in [3.8, 4) is 0 Å². The lowest BCUT2D eigenvalue weighted by Crippen LogP contribution is -2.37. The maximum Gasteiger partial charge on any atom is 0.308 e. The minimum absolute atomic E-state index is 0.208. The molecule has 0 radical (unpaired) electrons. The number of aromatic nitrogens is 1. The Morgan fingerprint density at radius 2 is 2.29 bits per heavy atom. The summed E-state index contributed by atoms with van der Waals surface area (Å²) in [5, 5.41) is 12.6. The monoisotopic (exact) mass is 238 g/mol. The predicted octanol–water partition coefficient (Wildman–Crippen LogP) is 0.918. The van der Waals surface area contributed by atoms with Crippen molar-refractivity contribution in [3.63, 3.8) is 0 Å². The topological polar surface area (TPSA) is 83.6 Å². The lowest BCUT2D eigenvalue weighted by atomic mass is 10.0. The number of carboxylic acid groups (broad SMARTS) is 1. The minimum Gasteiger partial charge on any atom is -0.481 e. The minimum atomic E-state index is -0.852. The van der Waals surface area contributed by atoms with Crippen LogP contribution < -0.4 is 0 Å². The van der Waals surface area contributed by atoms with Crippen LogP contribution in [-0.4, -0.2) is 39.6 Å². The normalized spacial score (nSPS) is 24.0. The molecule has 1 aromatic rings. The second-order valence-electron chi connectivity index (χ2n) is 4.27. The van der Waals surface area contributed by atoms with Crippen LogP contribution in [0.15, 0.2) is 10.7 Å². The summed E-state index contributed by atoms with van der Waals surface area (Å²) in [5.41, 5.74) is 0.405. The van der Waals surface area contributed by atoms with E-state index in [-0.39, 0.29) is 11.9 Å². The number of likely N-dealkylation sites (tertiary alicyclic amines) is 1. The molecule has 0 bridgehead atoms. The number of aryl methyl sites for hydroxylation is 1. The summed E-state index contributed by atoms with van der Waals surface area (Å²) in [6.07, 6.45) is 1.87. The molecule has 17 heavy (non-hydrogen) atoms. The van der Waals surface area contributed by atoms with Gasteiger partial charge in [-0.3, -0.25) is 9.59 Å². The summed E-state index contributed by atoms with van der Waals surface area (Å²) in [5.74, 6) is -1.09. The molecule has 1 aromatic heterocycles. The second kappa shape index (κ2) is 4.20. The Morgan fingerprint density at radius 1 is 1.59 bits per heavy atom. The zero-order valence-electron chi connectivity index (χ0n) is 9.71. The number of hydrogen-bond donors (Lipinski definition) is 1. The lowest BCUT2D eigenvalue weighted by molar-refractivity contribution is -0.142. The van der Waals surface area contributed by atoms with E-state index in [1.165, 1.54) is 6.20 Å². The molecule has 6 heteroatoms. The van der Waals surface area contributed by atoms with Gasteiger partial charge in [-0.05, 0) is 20.3 Å². The number of carbonyl (C=O) groups excluding carboxylic acids is 1. The van der Waals surface area contributed by atoms with Crippen LogP contribution in [0.1, 0.15) is 29.5 Å². The van der Waals surface area contributed by atoms with Crippen molar-refractivity contribution in [1.82, 2.24) is 10.1 Å². The molecule has 1 aliphatic heterocycles. The Kier molecular flexibility index (Phi) is 2.87. The summed E-state index contributed by atoms with van der Waals surface area (Å²) in [4.78, 5) is 24.7. The van der Waals surface area contributed by atoms with Crippen molar-refractivity contribution in [3.05, 3.63) is 17.5 Å². The number of nitrogens with zero attached hydrogens (tertiary/aromatic N) is 2. The molecule has 6 nitrogen and oxygen atoms in total. The number of hydrogen-bond acceptors (Lipinski definition) is 4. The van der Waals surface area contributed by atoms with Crippen LogP contribution in [0.25, 0.3) is 0 Å². The molecule has 1 N–H and O–H groups in total. The van der Waals surface area contributed by atoms with E-state index in [1.807, 2.05) is 0 Å². The second-order valence-corrected chi connectivity index (χ2v) is 4.27. The van der Waals surface area contributed by atoms with Gasteiger partial charge in [0.2, 0.25) is 0 Å². The third-order valence-corrected chi connectivity index (χ3v) is 3.31. The summed E-state index contributed by atoms with van der Waals surface area (Å²) in [6.45, 7) is 3.88. The van der Waals surface area contributed by atoms with E-state index in [9.17, 15) is 9.59 Å². The molecule has 2 atom stereocenters. The Labute approximate surface area is 98.2 Å². The third-order valence-electron chi connectivity index (χ3n) is 3.31. The van der Waals surface area contributed by atoms with Gasteiger partial charge in [-0.15, -0.1) is 0 Å². The maximum atomic E-state index is 12.1. The van der Waals surface area contributed by atoms with Gasteiger partial charge in [0, 0.05) is 12.6 Å². The van der Waals surface area contributed by atoms with Crippen LogP contribution in [0.3, 0.4) is 0 Å². The van der Waals surface area contributed by atoms with Crippen molar-refractivity contribution in [1.29, 1.82) is 0 Å². The van der Waals surface area contributed by atoms with Gasteiger partial charge >= 0.3 is 5.97 Å². The number of rotatable bonds is 2. The van der Waals surface area contributed by atoms with Crippen molar-refractivity contribution in [2.45, 2.75) is 26.3 Å². The van der Waals surface area contributed by atoms with E-state index >= 15 is 0 Å². The van der Waals surface area contributed by atoms with Gasteiger partial charge in [-0.25, -0.2) is 0 Å². The van der Waals surface area contributed by atoms with Gasteiger partial charge < -0.3 is 14.5 Å². The highest BCUT2D eigenvalue weighted by molar-refractivity contribution is 5.95. The molecule has 0 spiro atoms. The highest BCUT2D eigenvalue weighted by Gasteiger charge is 2.39. The van der Waals surface area contributed by atoms with Crippen molar-refractivity contribution >= 4 is 11.9 Å². The first-order valence-corrected chi connectivity index (χ1v) is 5.47. The Balaban J connectivity index is 2.18. The fraction of sp³-hybridized carbons (Fsp3) is 0.545. The molecular weight excluding hydrogens is 224 g/mol. The van der Waals surface area contributed by atoms with Gasteiger partial charge in [0.05, 0.1) is 12.1 Å². The summed E-state index contributed by atoms with van der Waals surface area (Å²) >= 11 is 0. The van der Waals surface area contributed by atoms with Gasteiger partial charge in [0.25, 0.3) is 5.91 Å². The fourth-order valence-corrected chi connectivity index (χ4v) is 2.22. The summed E-state index contributed by atoms with van der Waals surface area (Å²) < 4.78 is 4.84. The Bertz CT molecular complexity index is 454. The van der Waals surface area contributed by atoms with Crippen LogP contribution in [0.2, 0.25) is 0 Å². The molecule has 1 amide bonds. The van der Waals surface area contributed by atoms with Gasteiger partial charge in [0.15, 0.2) is 0 Å². The Morgan fingerprint density at radius 3 is 2.76 bits per heavy atom. The van der Waals surface area contributed by atoms with E-state index in [0.29, 0.717) is 24.3 Å². The van der Waals surface area contributed by atoms with E-state index < -0.39 is 11.9 Å². The molecule has 0 aliphatic carbocycles. The van der Waals surface area contributed by atoms with Crippen LogP contribution in [0.5, 0.6) is 0 Å². The van der Waals surface area contributed by atoms with Crippen LogP contribution in [0.4, 0.5) is 0 Å². The van der Waals surface area contributed by atoms with Crippen molar-refractivity contribution in [2.75, 3.05) is 6.54 Å². The van der Waals surface area contributed by atoms with E-state index in [2.05, 4.69) is 5.16 Å². The molecule has 0 saturated carbocycles. The molecule has 2 unspecified atom stereocenters. The predicted molar refractivity (Wildman–Crippen MR) is 57.5 cm³/mol. The standard InChI is InChI=1S/C11H14N2O4/c1-6-8(11(15)16)3-4-13(6)10(14)9-5-12-17-7(9)2/h5-6,8H,3-4H2,1-2H3,(H,15,16). The smallest absolute Gasteiger partial charge is 0.308 e. The van der Waals surface area contributed by atoms with Crippen LogP contribution in [-0.2, 0) is 4.79 Å². The number of amides is 1. The van der Waals surface area contributed by atoms with Crippen molar-refractivity contribution in [2.24, 2.45) is 5.92 Å². The van der Waals surface area contributed by atoms with E-state index in [4.69, 9.17) is 9.63 Å². The number of aliphatic carboxylic acids is 1. The van der Waals surface area contributed by atoms with Gasteiger partial charge in [0.1, 0.15) is 11.3 Å². The highest BCUT2D eigenvalue weighted by atomic mass is 16.5. The fourth-order valence-electron chi connectivity index (χ4n) is 2.22. The Hall–Kier alpha value is -1.85. The molecule has 1 saturated heterocycles. The quantitative estimate of drug-likeness (QED) is 0.828. The van der Waals surface area contributed by atoms with Crippen LogP contribution >= 0.6 is 0 Å². The number of carbonyl (C=O) groups is 2. The molecule has 2 heterocycles. The van der Waals surface area contributed by atoms with Crippen LogP contribution in [0, 0.1) is 12.8 Å². The van der Waals surface area contributed by atoms with E-state index in [0.717, 1.165) is 0 Å². The average molecular weight is 238 g/mol. The molecular formula is C11H14N2O4. The molecule has 92 valence electrons. The third kappa shape index (κ3) is 1.90. The molecule has 2 rings (SSSR count). The summed E-state index contributed by atoms with van der Waals surface area (Å²) in [6, 6.07) is -0.297. The average Bonchev–Trinajstić information content (AvgIpc) is 2.83. The first-order chi connectivity index (χ1) is 8.02. The first-order valence-electron chi connectivity index (χ1n) is 5.47. The molecule has 1 aliphatic rings. The largest absolute Gasteiger partial charge is 0.481 e. The zero-order valence-corrected chi connectivity index (χ0v) is 9.71. The summed E-state index contributed by atoms with van der Waals surface area (Å²) in [7, 11) is 0. The molecule has 0 aromatic carbocycles. The molecule has 1 fully saturated rings. The van der Waals surface area contributed by atoms with Crippen molar-refractivity contribution < 1.29 is 19.2 Å². The van der Waals surface area contributed by atoms with Gasteiger partial charge in [-0.1, -0.05) is 5.16 Å². The zero-order chi connectivity index (χ0) is 12.6. The highest BCUT2D eigenvalue weighted by Crippen LogP contribution is 2.26. The maximum absolute atomic E-state index is 12.1. The SMILES string of the molecule is Cc1oncc1C(=O)N1CCC(C(=O)O)C1C. The van der Waals surface area contributed by atoms with E-state index in [1.54, 1.807) is 18.7 Å².